The maximum Gasteiger partial charge on any atom is 0.294 e. The van der Waals surface area contributed by atoms with Crippen LogP contribution in [0.4, 0.5) is 13.2 Å². The number of aryl methyl sites for hydroxylation is 1. The van der Waals surface area contributed by atoms with Crippen molar-refractivity contribution in [3.05, 3.63) is 29.3 Å². The Balaban J connectivity index is 2.95. The third-order valence-corrected chi connectivity index (χ3v) is 3.66. The van der Waals surface area contributed by atoms with Gasteiger partial charge in [0.25, 0.3) is 10.1 Å². The van der Waals surface area contributed by atoms with Gasteiger partial charge in [-0.25, -0.2) is 8.78 Å². The summed E-state index contributed by atoms with van der Waals surface area (Å²) in [4.78, 5) is -0.374. The molecule has 7 heteroatoms. The molecule has 1 rings (SSSR count). The molecule has 19 heavy (non-hydrogen) atoms. The smallest absolute Gasteiger partial charge is 0.282 e. The van der Waals surface area contributed by atoms with Crippen molar-refractivity contribution in [1.82, 2.24) is 0 Å². The van der Waals surface area contributed by atoms with Crippen molar-refractivity contribution in [1.29, 1.82) is 0 Å². The van der Waals surface area contributed by atoms with Crippen LogP contribution >= 0.6 is 0 Å². The van der Waals surface area contributed by atoms with Gasteiger partial charge in [-0.3, -0.25) is 8.94 Å². The van der Waals surface area contributed by atoms with E-state index in [0.29, 0.717) is 5.56 Å². The minimum Gasteiger partial charge on any atom is -0.282 e. The molecule has 3 nitrogen and oxygen atoms in total. The molecule has 0 saturated heterocycles. The Hall–Kier alpha value is -1.08. The van der Waals surface area contributed by atoms with Gasteiger partial charge < -0.3 is 0 Å². The van der Waals surface area contributed by atoms with Gasteiger partial charge in [0.2, 0.25) is 0 Å². The number of hydrogen-bond acceptors (Lipinski definition) is 2. The van der Waals surface area contributed by atoms with Crippen molar-refractivity contribution in [2.75, 3.05) is 6.67 Å². The molecule has 0 heterocycles. The Labute approximate surface area is 110 Å². The highest BCUT2D eigenvalue weighted by Crippen LogP contribution is 2.20. The minimum absolute atomic E-state index is 0.268. The molecule has 0 aromatic heterocycles. The average Bonchev–Trinajstić information content (AvgIpc) is 2.30. The zero-order valence-electron chi connectivity index (χ0n) is 10.3. The molecule has 0 amide bonds. The summed E-state index contributed by atoms with van der Waals surface area (Å²) in [7, 11) is -4.38. The van der Waals surface area contributed by atoms with Crippen LogP contribution in [-0.2, 0) is 16.5 Å². The Morgan fingerprint density at radius 1 is 1.26 bits per heavy atom. The van der Waals surface area contributed by atoms with Crippen LogP contribution in [0.3, 0.4) is 0 Å². The lowest BCUT2D eigenvalue weighted by atomic mass is 10.0. The van der Waals surface area contributed by atoms with Gasteiger partial charge in [-0.2, -0.15) is 8.42 Å². The second-order valence-electron chi connectivity index (χ2n) is 4.28. The maximum atomic E-state index is 13.5. The third kappa shape index (κ3) is 4.50. The summed E-state index contributed by atoms with van der Waals surface area (Å²) in [6, 6.07) is 3.67. The highest BCUT2D eigenvalue weighted by Gasteiger charge is 2.22. The fourth-order valence-electron chi connectivity index (χ4n) is 1.65. The Morgan fingerprint density at radius 3 is 2.42 bits per heavy atom. The average molecular weight is 296 g/mol. The third-order valence-electron chi connectivity index (χ3n) is 2.81. The summed E-state index contributed by atoms with van der Waals surface area (Å²) in [6.07, 6.45) is -4.74. The molecule has 0 aliphatic carbocycles. The topological polar surface area (TPSA) is 54.4 Å². The molecule has 0 aliphatic heterocycles. The van der Waals surface area contributed by atoms with E-state index in [1.54, 1.807) is 6.92 Å². The van der Waals surface area contributed by atoms with Gasteiger partial charge in [-0.15, -0.1) is 0 Å². The fraction of sp³-hybridized carbons (Fsp3) is 0.500. The Morgan fingerprint density at radius 2 is 1.89 bits per heavy atom. The van der Waals surface area contributed by atoms with Crippen molar-refractivity contribution in [2.24, 2.45) is 0 Å². The van der Waals surface area contributed by atoms with E-state index < -0.39 is 35.6 Å². The first-order valence-electron chi connectivity index (χ1n) is 5.67. The van der Waals surface area contributed by atoms with E-state index in [1.807, 2.05) is 0 Å². The molecular formula is C12H15F3O3S. The number of hydrogen-bond donors (Lipinski definition) is 1. The SMILES string of the molecule is Cc1ccc(S(=O)(=O)O)cc1CC(F)C(F)CCF. The van der Waals surface area contributed by atoms with Gasteiger partial charge in [0.1, 0.15) is 12.3 Å². The monoisotopic (exact) mass is 296 g/mol. The van der Waals surface area contributed by atoms with Crippen molar-refractivity contribution in [3.8, 4) is 0 Å². The van der Waals surface area contributed by atoms with Crippen LogP contribution in [0, 0.1) is 6.92 Å². The van der Waals surface area contributed by atoms with E-state index in [9.17, 15) is 21.6 Å². The van der Waals surface area contributed by atoms with Gasteiger partial charge in [0.15, 0.2) is 0 Å². The molecule has 2 atom stereocenters. The molecule has 0 radical (unpaired) electrons. The quantitative estimate of drug-likeness (QED) is 0.821. The van der Waals surface area contributed by atoms with Crippen LogP contribution in [0.1, 0.15) is 17.5 Å². The van der Waals surface area contributed by atoms with Gasteiger partial charge in [0.05, 0.1) is 11.6 Å². The van der Waals surface area contributed by atoms with Crippen LogP contribution in [-0.4, -0.2) is 32.0 Å². The lowest BCUT2D eigenvalue weighted by Crippen LogP contribution is -2.21. The van der Waals surface area contributed by atoms with E-state index in [1.165, 1.54) is 12.1 Å². The minimum atomic E-state index is -4.38. The van der Waals surface area contributed by atoms with Crippen LogP contribution < -0.4 is 0 Å². The molecule has 0 bridgehead atoms. The van der Waals surface area contributed by atoms with Crippen LogP contribution in [0.15, 0.2) is 23.1 Å². The van der Waals surface area contributed by atoms with Crippen molar-refractivity contribution < 1.29 is 26.1 Å². The molecule has 0 saturated carbocycles. The zero-order chi connectivity index (χ0) is 14.6. The van der Waals surface area contributed by atoms with Crippen molar-refractivity contribution >= 4 is 10.1 Å². The standard InChI is InChI=1S/C12H15F3O3S/c1-8-2-3-10(19(16,17)18)6-9(8)7-12(15)11(14)4-5-13/h2-3,6,11-12H,4-5,7H2,1H3,(H,16,17,18). The van der Waals surface area contributed by atoms with Crippen molar-refractivity contribution in [3.63, 3.8) is 0 Å². The first kappa shape index (κ1) is 16.0. The van der Waals surface area contributed by atoms with Crippen LogP contribution in [0.5, 0.6) is 0 Å². The second-order valence-corrected chi connectivity index (χ2v) is 5.70. The highest BCUT2D eigenvalue weighted by molar-refractivity contribution is 7.85. The summed E-state index contributed by atoms with van der Waals surface area (Å²) in [5.41, 5.74) is 0.839. The molecule has 2 unspecified atom stereocenters. The second kappa shape index (κ2) is 6.38. The number of alkyl halides is 3. The maximum absolute atomic E-state index is 13.5. The molecule has 1 N–H and O–H groups in total. The van der Waals surface area contributed by atoms with E-state index in [2.05, 4.69) is 0 Å². The molecule has 108 valence electrons. The van der Waals surface area contributed by atoms with E-state index in [0.717, 1.165) is 6.07 Å². The number of halogens is 3. The summed E-state index contributed by atoms with van der Waals surface area (Å²) in [6.45, 7) is 0.657. The van der Waals surface area contributed by atoms with Crippen LogP contribution in [0.25, 0.3) is 0 Å². The van der Waals surface area contributed by atoms with Gasteiger partial charge in [-0.05, 0) is 30.2 Å². The number of rotatable bonds is 6. The van der Waals surface area contributed by atoms with E-state index >= 15 is 0 Å². The van der Waals surface area contributed by atoms with Gasteiger partial charge in [0, 0.05) is 12.8 Å². The Kier molecular flexibility index (Phi) is 5.37. The van der Waals surface area contributed by atoms with Gasteiger partial charge >= 0.3 is 0 Å². The lowest BCUT2D eigenvalue weighted by molar-refractivity contribution is 0.148. The normalized spacial score (nSPS) is 15.2. The summed E-state index contributed by atoms with van der Waals surface area (Å²) in [5, 5.41) is 0. The summed E-state index contributed by atoms with van der Waals surface area (Å²) >= 11 is 0. The first-order chi connectivity index (χ1) is 8.75. The molecular weight excluding hydrogens is 281 g/mol. The molecule has 0 spiro atoms. The molecule has 1 aromatic rings. The van der Waals surface area contributed by atoms with Crippen LogP contribution in [0.2, 0.25) is 0 Å². The Bertz CT molecular complexity index is 531. The predicted molar refractivity (Wildman–Crippen MR) is 65.1 cm³/mol. The van der Waals surface area contributed by atoms with E-state index in [4.69, 9.17) is 4.55 Å². The predicted octanol–water partition coefficient (Wildman–Crippen LogP) is 2.82. The van der Waals surface area contributed by atoms with E-state index in [-0.39, 0.29) is 16.9 Å². The number of benzene rings is 1. The summed E-state index contributed by atoms with van der Waals surface area (Å²) in [5.74, 6) is 0. The molecule has 1 aromatic carbocycles. The lowest BCUT2D eigenvalue weighted by Gasteiger charge is -2.14. The summed E-state index contributed by atoms with van der Waals surface area (Å²) < 4.78 is 69.4. The van der Waals surface area contributed by atoms with Crippen molar-refractivity contribution in [2.45, 2.75) is 37.0 Å². The zero-order valence-corrected chi connectivity index (χ0v) is 11.1. The molecule has 0 fully saturated rings. The highest BCUT2D eigenvalue weighted by atomic mass is 32.2. The van der Waals surface area contributed by atoms with Gasteiger partial charge in [-0.1, -0.05) is 6.07 Å². The first-order valence-corrected chi connectivity index (χ1v) is 7.11. The fourth-order valence-corrected chi connectivity index (χ4v) is 2.18. The molecule has 0 aliphatic rings. The largest absolute Gasteiger partial charge is 0.294 e.